The molecule has 0 unspecified atom stereocenters. The maximum absolute atomic E-state index is 12.8. The zero-order valence-corrected chi connectivity index (χ0v) is 17.6. The topological polar surface area (TPSA) is 120 Å². The molecule has 5 N–H and O–H groups in total. The van der Waals surface area contributed by atoms with Crippen LogP contribution in [0, 0.1) is 0 Å². The monoisotopic (exact) mass is 428 g/mol. The van der Waals surface area contributed by atoms with Gasteiger partial charge in [-0.05, 0) is 54.5 Å². The van der Waals surface area contributed by atoms with Crippen LogP contribution in [0.2, 0.25) is 0 Å². The Labute approximate surface area is 186 Å². The molecule has 0 spiro atoms. The van der Waals surface area contributed by atoms with Crippen molar-refractivity contribution in [1.82, 2.24) is 0 Å². The van der Waals surface area contributed by atoms with E-state index in [4.69, 9.17) is 16.2 Å². The van der Waals surface area contributed by atoms with Gasteiger partial charge in [0.2, 0.25) is 0 Å². The van der Waals surface area contributed by atoms with E-state index >= 15 is 0 Å². The summed E-state index contributed by atoms with van der Waals surface area (Å²) < 4.78 is 4.85. The summed E-state index contributed by atoms with van der Waals surface area (Å²) in [6.45, 7) is 2.08. The molecular formula is C25H24N4O3. The molecule has 0 heterocycles. The van der Waals surface area contributed by atoms with Crippen LogP contribution in [0.3, 0.4) is 0 Å². The molecule has 7 nitrogen and oxygen atoms in total. The molecule has 0 aromatic heterocycles. The van der Waals surface area contributed by atoms with Gasteiger partial charge >= 0.3 is 5.97 Å². The molecule has 0 saturated heterocycles. The molecule has 32 heavy (non-hydrogen) atoms. The second-order valence-electron chi connectivity index (χ2n) is 6.80. The number of hydrogen-bond donors (Lipinski definition) is 3. The molecule has 3 rings (SSSR count). The molecule has 3 aromatic carbocycles. The van der Waals surface area contributed by atoms with E-state index < -0.39 is 5.97 Å². The Morgan fingerprint density at radius 3 is 2.47 bits per heavy atom. The summed E-state index contributed by atoms with van der Waals surface area (Å²) in [7, 11) is 0. The number of rotatable bonds is 7. The lowest BCUT2D eigenvalue weighted by atomic mass is 10.0. The van der Waals surface area contributed by atoms with Gasteiger partial charge in [-0.2, -0.15) is 0 Å². The van der Waals surface area contributed by atoms with Crippen LogP contribution in [-0.4, -0.2) is 24.4 Å². The number of guanidine groups is 1. The quantitative estimate of drug-likeness (QED) is 0.227. The third kappa shape index (κ3) is 6.06. The van der Waals surface area contributed by atoms with Crippen LogP contribution >= 0.6 is 0 Å². The molecule has 0 aliphatic rings. The highest BCUT2D eigenvalue weighted by atomic mass is 16.5. The average Bonchev–Trinajstić information content (AvgIpc) is 2.79. The zero-order valence-electron chi connectivity index (χ0n) is 17.6. The number of para-hydroxylation sites is 1. The molecule has 7 heteroatoms. The van der Waals surface area contributed by atoms with E-state index in [1.54, 1.807) is 61.5 Å². The van der Waals surface area contributed by atoms with Crippen molar-refractivity contribution < 1.29 is 14.3 Å². The molecule has 0 atom stereocenters. The zero-order chi connectivity index (χ0) is 22.9. The number of amides is 1. The van der Waals surface area contributed by atoms with Gasteiger partial charge in [0.15, 0.2) is 5.96 Å². The van der Waals surface area contributed by atoms with Gasteiger partial charge in [-0.15, -0.1) is 0 Å². The maximum Gasteiger partial charge on any atom is 0.330 e. The van der Waals surface area contributed by atoms with Crippen LogP contribution in [0.25, 0.3) is 17.2 Å². The smallest absolute Gasteiger partial charge is 0.330 e. The Morgan fingerprint density at radius 1 is 1.00 bits per heavy atom. The molecule has 0 aliphatic heterocycles. The summed E-state index contributed by atoms with van der Waals surface area (Å²) in [6, 6.07) is 21.8. The van der Waals surface area contributed by atoms with Gasteiger partial charge in [0.1, 0.15) is 0 Å². The number of nitrogens with one attached hydrogen (secondary N) is 1. The number of ether oxygens (including phenoxy) is 1. The Balaban J connectivity index is 1.75. The first kappa shape index (κ1) is 22.3. The molecule has 3 aromatic rings. The van der Waals surface area contributed by atoms with Gasteiger partial charge in [0.25, 0.3) is 5.91 Å². The van der Waals surface area contributed by atoms with Crippen LogP contribution in [0.15, 0.2) is 83.9 Å². The number of anilines is 1. The number of carbonyl (C=O) groups excluding carboxylic acids is 2. The highest BCUT2D eigenvalue weighted by Gasteiger charge is 2.10. The summed E-state index contributed by atoms with van der Waals surface area (Å²) in [5, 5.41) is 2.87. The van der Waals surface area contributed by atoms with Crippen molar-refractivity contribution in [2.75, 3.05) is 11.9 Å². The molecule has 0 radical (unpaired) electrons. The van der Waals surface area contributed by atoms with Crippen molar-refractivity contribution in [3.8, 4) is 11.1 Å². The standard InChI is InChI=1S/C25H24N4O3/c1-2-32-23(30)15-12-17-10-13-20(14-11-17)28-24(31)19-7-5-6-18(16-19)21-8-3-4-9-22(21)29-25(26)27/h3-16H,2H2,1H3,(H,28,31)(H4,26,27,29). The van der Waals surface area contributed by atoms with Crippen molar-refractivity contribution >= 4 is 35.3 Å². The number of nitrogens with two attached hydrogens (primary N) is 2. The molecule has 0 fully saturated rings. The number of aliphatic imine (C=N–C) groups is 1. The van der Waals surface area contributed by atoms with E-state index in [2.05, 4.69) is 10.3 Å². The first-order valence-electron chi connectivity index (χ1n) is 10.0. The van der Waals surface area contributed by atoms with Gasteiger partial charge < -0.3 is 21.5 Å². The third-order valence-corrected chi connectivity index (χ3v) is 4.46. The highest BCUT2D eigenvalue weighted by Crippen LogP contribution is 2.30. The van der Waals surface area contributed by atoms with Gasteiger partial charge in [-0.25, -0.2) is 9.79 Å². The lowest BCUT2D eigenvalue weighted by Gasteiger charge is -2.09. The fourth-order valence-corrected chi connectivity index (χ4v) is 3.02. The van der Waals surface area contributed by atoms with Crippen LogP contribution < -0.4 is 16.8 Å². The van der Waals surface area contributed by atoms with Gasteiger partial charge in [0.05, 0.1) is 12.3 Å². The molecule has 0 bridgehead atoms. The Morgan fingerprint density at radius 2 is 1.75 bits per heavy atom. The molecule has 162 valence electrons. The van der Waals surface area contributed by atoms with Crippen LogP contribution in [0.1, 0.15) is 22.8 Å². The third-order valence-electron chi connectivity index (χ3n) is 4.46. The fraction of sp³-hybridized carbons (Fsp3) is 0.0800. The van der Waals surface area contributed by atoms with E-state index in [0.29, 0.717) is 23.5 Å². The first-order chi connectivity index (χ1) is 15.5. The first-order valence-corrected chi connectivity index (χ1v) is 10.0. The van der Waals surface area contributed by atoms with Crippen LogP contribution in [0.4, 0.5) is 11.4 Å². The van der Waals surface area contributed by atoms with Crippen molar-refractivity contribution in [1.29, 1.82) is 0 Å². The fourth-order valence-electron chi connectivity index (χ4n) is 3.02. The van der Waals surface area contributed by atoms with E-state index in [0.717, 1.165) is 16.7 Å². The summed E-state index contributed by atoms with van der Waals surface area (Å²) in [5.74, 6) is -0.681. The number of hydrogen-bond acceptors (Lipinski definition) is 4. The second-order valence-corrected chi connectivity index (χ2v) is 6.80. The van der Waals surface area contributed by atoms with E-state index in [1.165, 1.54) is 6.08 Å². The highest BCUT2D eigenvalue weighted by molar-refractivity contribution is 6.05. The minimum absolute atomic E-state index is 0.0353. The minimum atomic E-state index is -0.397. The SMILES string of the molecule is CCOC(=O)C=Cc1ccc(NC(=O)c2cccc(-c3ccccc3N=C(N)N)c2)cc1. The average molecular weight is 428 g/mol. The minimum Gasteiger partial charge on any atom is -0.463 e. The second kappa shape index (κ2) is 10.6. The van der Waals surface area contributed by atoms with Crippen molar-refractivity contribution in [3.63, 3.8) is 0 Å². The Bertz CT molecular complexity index is 1160. The van der Waals surface area contributed by atoms with Gasteiger partial charge in [-0.3, -0.25) is 4.79 Å². The lowest BCUT2D eigenvalue weighted by Crippen LogP contribution is -2.21. The summed E-state index contributed by atoms with van der Waals surface area (Å²) in [4.78, 5) is 28.3. The predicted molar refractivity (Wildman–Crippen MR) is 127 cm³/mol. The molecule has 0 saturated carbocycles. The van der Waals surface area contributed by atoms with Gasteiger partial charge in [-0.1, -0.05) is 42.5 Å². The van der Waals surface area contributed by atoms with E-state index in [1.807, 2.05) is 24.3 Å². The van der Waals surface area contributed by atoms with Crippen molar-refractivity contribution in [2.45, 2.75) is 6.92 Å². The number of carbonyl (C=O) groups is 2. The van der Waals surface area contributed by atoms with Crippen molar-refractivity contribution in [2.24, 2.45) is 16.5 Å². The lowest BCUT2D eigenvalue weighted by molar-refractivity contribution is -0.137. The molecule has 1 amide bonds. The summed E-state index contributed by atoms with van der Waals surface area (Å²) in [6.07, 6.45) is 3.02. The number of benzene rings is 3. The molecule has 0 aliphatic carbocycles. The van der Waals surface area contributed by atoms with Gasteiger partial charge in [0, 0.05) is 22.9 Å². The maximum atomic E-state index is 12.8. The number of nitrogens with zero attached hydrogens (tertiary/aromatic N) is 1. The summed E-state index contributed by atoms with van der Waals surface area (Å²) in [5.41, 5.74) is 15.3. The number of esters is 1. The Kier molecular flexibility index (Phi) is 7.37. The van der Waals surface area contributed by atoms with E-state index in [-0.39, 0.29) is 11.9 Å². The largest absolute Gasteiger partial charge is 0.463 e. The van der Waals surface area contributed by atoms with Crippen molar-refractivity contribution in [3.05, 3.63) is 90.0 Å². The van der Waals surface area contributed by atoms with Crippen LogP contribution in [-0.2, 0) is 9.53 Å². The molecular weight excluding hydrogens is 404 g/mol. The van der Waals surface area contributed by atoms with E-state index in [9.17, 15) is 9.59 Å². The Hall–Kier alpha value is -4.39. The predicted octanol–water partition coefficient (Wildman–Crippen LogP) is 4.09. The normalized spacial score (nSPS) is 10.5. The van der Waals surface area contributed by atoms with Crippen LogP contribution in [0.5, 0.6) is 0 Å². The summed E-state index contributed by atoms with van der Waals surface area (Å²) >= 11 is 0.